The van der Waals surface area contributed by atoms with Crippen LogP contribution in [0.1, 0.15) is 25.5 Å². The first kappa shape index (κ1) is 13.0. The number of nitrogens with two attached hydrogens (primary N) is 1. The van der Waals surface area contributed by atoms with E-state index in [9.17, 15) is 0 Å². The average molecular weight is 290 g/mol. The minimum Gasteiger partial charge on any atom is -0.368 e. The lowest BCUT2D eigenvalue weighted by atomic mass is 10.4. The Morgan fingerprint density at radius 2 is 1.20 bits per heavy atom. The van der Waals surface area contributed by atoms with Gasteiger partial charge in [-0.05, 0) is 13.8 Å². The highest BCUT2D eigenvalue weighted by atomic mass is 35.5. The monoisotopic (exact) mass is 288 g/mol. The number of nitrogens with zero attached hydrogens (tertiary/aromatic N) is 3. The summed E-state index contributed by atoms with van der Waals surface area (Å²) in [5.41, 5.74) is 5.46. The molecule has 0 unspecified atom stereocenters. The molecule has 1 aromatic rings. The number of rotatable bonds is 2. The molecule has 0 atom stereocenters. The van der Waals surface area contributed by atoms with Crippen LogP contribution in [0.5, 0.6) is 0 Å². The third kappa shape index (κ3) is 3.48. The first-order valence-electron chi connectivity index (χ1n) is 3.89. The lowest BCUT2D eigenvalue weighted by Gasteiger charge is -2.16. The molecule has 0 aliphatic carbocycles. The Hall–Kier alpha value is -0.0300. The van der Waals surface area contributed by atoms with Crippen LogP contribution in [-0.4, -0.2) is 15.0 Å². The third-order valence-electron chi connectivity index (χ3n) is 1.44. The molecule has 1 heterocycles. The van der Waals surface area contributed by atoms with E-state index in [4.69, 9.17) is 52.1 Å². The summed E-state index contributed by atoms with van der Waals surface area (Å²) in [4.78, 5) is 11.5. The van der Waals surface area contributed by atoms with Gasteiger partial charge >= 0.3 is 0 Å². The molecular formula is C7H8Cl4N4. The quantitative estimate of drug-likeness (QED) is 0.850. The van der Waals surface area contributed by atoms with Crippen molar-refractivity contribution in [2.75, 3.05) is 5.73 Å². The standard InChI is InChI=1S/C7H8Cl4N4/c1-6(8,9)3-13-4(7(2,10)11)15-5(12)14-3/h1-2H3,(H2,12,13,14,15). The molecule has 0 aliphatic heterocycles. The molecule has 0 saturated heterocycles. The zero-order valence-corrected chi connectivity index (χ0v) is 11.0. The maximum Gasteiger partial charge on any atom is 0.223 e. The van der Waals surface area contributed by atoms with Crippen LogP contribution < -0.4 is 5.73 Å². The van der Waals surface area contributed by atoms with Gasteiger partial charge < -0.3 is 5.73 Å². The number of alkyl halides is 4. The fraction of sp³-hybridized carbons (Fsp3) is 0.571. The van der Waals surface area contributed by atoms with E-state index in [0.717, 1.165) is 0 Å². The van der Waals surface area contributed by atoms with Crippen molar-refractivity contribution >= 4 is 52.4 Å². The van der Waals surface area contributed by atoms with Crippen LogP contribution in [0.2, 0.25) is 0 Å². The Kier molecular flexibility index (Phi) is 3.55. The summed E-state index contributed by atoms with van der Waals surface area (Å²) in [7, 11) is 0. The van der Waals surface area contributed by atoms with E-state index < -0.39 is 8.67 Å². The Morgan fingerprint density at radius 3 is 1.47 bits per heavy atom. The maximum absolute atomic E-state index is 5.82. The van der Waals surface area contributed by atoms with Gasteiger partial charge in [-0.15, -0.1) is 0 Å². The molecule has 0 radical (unpaired) electrons. The number of halogens is 4. The molecule has 2 N–H and O–H groups in total. The van der Waals surface area contributed by atoms with E-state index in [1.54, 1.807) is 0 Å². The van der Waals surface area contributed by atoms with Gasteiger partial charge in [0.15, 0.2) is 20.3 Å². The van der Waals surface area contributed by atoms with Gasteiger partial charge in [-0.3, -0.25) is 0 Å². The molecule has 0 spiro atoms. The Balaban J connectivity index is 3.30. The van der Waals surface area contributed by atoms with Crippen molar-refractivity contribution in [1.82, 2.24) is 15.0 Å². The summed E-state index contributed by atoms with van der Waals surface area (Å²) >= 11 is 23.3. The second-order valence-corrected chi connectivity index (χ2v) is 6.53. The van der Waals surface area contributed by atoms with Crippen LogP contribution in [-0.2, 0) is 8.67 Å². The van der Waals surface area contributed by atoms with Crippen LogP contribution in [0.3, 0.4) is 0 Å². The van der Waals surface area contributed by atoms with Crippen molar-refractivity contribution in [2.45, 2.75) is 22.5 Å². The Labute approximate surface area is 107 Å². The molecule has 15 heavy (non-hydrogen) atoms. The second-order valence-electron chi connectivity index (χ2n) is 3.12. The van der Waals surface area contributed by atoms with E-state index in [1.165, 1.54) is 13.8 Å². The Bertz CT molecular complexity index is 336. The van der Waals surface area contributed by atoms with Crippen LogP contribution in [0.15, 0.2) is 0 Å². The molecule has 1 rings (SSSR count). The third-order valence-corrected chi connectivity index (χ3v) is 2.11. The van der Waals surface area contributed by atoms with Crippen LogP contribution >= 0.6 is 46.4 Å². The highest BCUT2D eigenvalue weighted by Gasteiger charge is 2.30. The van der Waals surface area contributed by atoms with Crippen LogP contribution in [0.25, 0.3) is 0 Å². The Morgan fingerprint density at radius 1 is 0.867 bits per heavy atom. The van der Waals surface area contributed by atoms with Gasteiger partial charge in [-0.1, -0.05) is 46.4 Å². The smallest absolute Gasteiger partial charge is 0.223 e. The molecule has 8 heteroatoms. The number of anilines is 1. The minimum absolute atomic E-state index is 0.0324. The average Bonchev–Trinajstić information content (AvgIpc) is 1.99. The second kappa shape index (κ2) is 4.09. The van der Waals surface area contributed by atoms with Gasteiger partial charge in [0.05, 0.1) is 0 Å². The van der Waals surface area contributed by atoms with Crippen molar-refractivity contribution in [1.29, 1.82) is 0 Å². The lowest BCUT2D eigenvalue weighted by Crippen LogP contribution is -2.19. The number of hydrogen-bond acceptors (Lipinski definition) is 4. The summed E-state index contributed by atoms with van der Waals surface area (Å²) < 4.78 is -2.55. The molecule has 0 amide bonds. The van der Waals surface area contributed by atoms with Crippen molar-refractivity contribution in [3.63, 3.8) is 0 Å². The summed E-state index contributed by atoms with van der Waals surface area (Å²) in [6, 6.07) is 0. The minimum atomic E-state index is -1.27. The molecule has 0 aromatic carbocycles. The van der Waals surface area contributed by atoms with E-state index in [-0.39, 0.29) is 17.6 Å². The summed E-state index contributed by atoms with van der Waals surface area (Å²) in [6.45, 7) is 3.02. The molecule has 84 valence electrons. The van der Waals surface area contributed by atoms with Crippen molar-refractivity contribution in [2.24, 2.45) is 0 Å². The van der Waals surface area contributed by atoms with Gasteiger partial charge in [-0.25, -0.2) is 4.98 Å². The number of aromatic nitrogens is 3. The van der Waals surface area contributed by atoms with Gasteiger partial charge in [-0.2, -0.15) is 9.97 Å². The number of hydrogen-bond donors (Lipinski definition) is 1. The van der Waals surface area contributed by atoms with Crippen LogP contribution in [0.4, 0.5) is 5.95 Å². The molecule has 0 aliphatic rings. The van der Waals surface area contributed by atoms with Crippen molar-refractivity contribution in [3.05, 3.63) is 11.6 Å². The maximum atomic E-state index is 5.82. The predicted octanol–water partition coefficient (Wildman–Crippen LogP) is 2.75. The van der Waals surface area contributed by atoms with Crippen molar-refractivity contribution in [3.8, 4) is 0 Å². The fourth-order valence-corrected chi connectivity index (χ4v) is 1.12. The predicted molar refractivity (Wildman–Crippen MR) is 62.4 cm³/mol. The molecule has 0 saturated carbocycles. The molecule has 4 nitrogen and oxygen atoms in total. The number of nitrogen functional groups attached to an aromatic ring is 1. The van der Waals surface area contributed by atoms with E-state index in [2.05, 4.69) is 15.0 Å². The first-order chi connectivity index (χ1) is 6.60. The summed E-state index contributed by atoms with van der Waals surface area (Å²) in [5, 5.41) is 0. The SMILES string of the molecule is CC(Cl)(Cl)c1nc(N)nc(C(C)(Cl)Cl)n1. The molecular weight excluding hydrogens is 282 g/mol. The molecule has 1 aromatic heterocycles. The summed E-state index contributed by atoms with van der Waals surface area (Å²) in [6.07, 6.45) is 0. The lowest BCUT2D eigenvalue weighted by molar-refractivity contribution is 0.752. The van der Waals surface area contributed by atoms with Gasteiger partial charge in [0.25, 0.3) is 0 Å². The zero-order valence-electron chi connectivity index (χ0n) is 7.93. The largest absolute Gasteiger partial charge is 0.368 e. The van der Waals surface area contributed by atoms with E-state index in [1.807, 2.05) is 0 Å². The topological polar surface area (TPSA) is 64.7 Å². The van der Waals surface area contributed by atoms with Crippen molar-refractivity contribution < 1.29 is 0 Å². The highest BCUT2D eigenvalue weighted by molar-refractivity contribution is 6.48. The van der Waals surface area contributed by atoms with Gasteiger partial charge in [0, 0.05) is 0 Å². The highest BCUT2D eigenvalue weighted by Crippen LogP contribution is 2.34. The fourth-order valence-electron chi connectivity index (χ4n) is 0.785. The molecule has 0 fully saturated rings. The van der Waals surface area contributed by atoms with Crippen LogP contribution in [0, 0.1) is 0 Å². The van der Waals surface area contributed by atoms with Gasteiger partial charge in [0.2, 0.25) is 5.95 Å². The normalized spacial score (nSPS) is 12.9. The first-order valence-corrected chi connectivity index (χ1v) is 5.40. The van der Waals surface area contributed by atoms with Gasteiger partial charge in [0.1, 0.15) is 0 Å². The summed E-state index contributed by atoms with van der Waals surface area (Å²) in [5.74, 6) is 0.191. The van der Waals surface area contributed by atoms with E-state index >= 15 is 0 Å². The molecule has 0 bridgehead atoms. The zero-order chi connectivity index (χ0) is 11.9. The van der Waals surface area contributed by atoms with E-state index in [0.29, 0.717) is 0 Å².